The molecule has 1 rings (SSSR count). The van der Waals surface area contributed by atoms with E-state index in [1.54, 1.807) is 23.9 Å². The first kappa shape index (κ1) is 18.5. The van der Waals surface area contributed by atoms with Crippen LogP contribution in [0.15, 0.2) is 29.2 Å². The molecular formula is C15H26N2O2S2. The van der Waals surface area contributed by atoms with Gasteiger partial charge in [0.2, 0.25) is 10.0 Å². The molecule has 0 heterocycles. The molecule has 0 spiro atoms. The third kappa shape index (κ3) is 6.38. The molecule has 4 nitrogen and oxygen atoms in total. The van der Waals surface area contributed by atoms with Crippen molar-refractivity contribution in [2.75, 3.05) is 18.6 Å². The highest BCUT2D eigenvalue weighted by Gasteiger charge is 2.20. The van der Waals surface area contributed by atoms with Gasteiger partial charge in [-0.3, -0.25) is 0 Å². The lowest BCUT2D eigenvalue weighted by atomic mass is 10.2. The second kappa shape index (κ2) is 9.46. The van der Waals surface area contributed by atoms with E-state index in [0.717, 1.165) is 30.7 Å². The Kier molecular flexibility index (Phi) is 8.33. The van der Waals surface area contributed by atoms with E-state index >= 15 is 0 Å². The molecule has 0 aliphatic heterocycles. The van der Waals surface area contributed by atoms with Crippen LogP contribution in [0.2, 0.25) is 0 Å². The van der Waals surface area contributed by atoms with Gasteiger partial charge >= 0.3 is 0 Å². The summed E-state index contributed by atoms with van der Waals surface area (Å²) in [5.74, 6) is 0.948. The van der Waals surface area contributed by atoms with Gasteiger partial charge in [0.05, 0.1) is 4.90 Å². The van der Waals surface area contributed by atoms with E-state index in [-0.39, 0.29) is 6.04 Å². The van der Waals surface area contributed by atoms with Gasteiger partial charge in [-0.05, 0) is 49.9 Å². The maximum Gasteiger partial charge on any atom is 0.241 e. The van der Waals surface area contributed by atoms with Crippen molar-refractivity contribution in [1.82, 2.24) is 10.0 Å². The molecule has 0 amide bonds. The Morgan fingerprint density at radius 3 is 2.67 bits per heavy atom. The lowest BCUT2D eigenvalue weighted by molar-refractivity contribution is 0.554. The number of sulfonamides is 1. The Hall–Kier alpha value is -0.560. The third-order valence-electron chi connectivity index (χ3n) is 3.12. The zero-order valence-corrected chi connectivity index (χ0v) is 14.7. The Bertz CT molecular complexity index is 518. The zero-order valence-electron chi connectivity index (χ0n) is 13.1. The fraction of sp³-hybridized carbons (Fsp3) is 0.600. The zero-order chi connectivity index (χ0) is 15.7. The molecule has 0 aliphatic rings. The van der Waals surface area contributed by atoms with Crippen molar-refractivity contribution in [3.8, 4) is 0 Å². The van der Waals surface area contributed by atoms with Crippen LogP contribution in [-0.2, 0) is 16.6 Å². The van der Waals surface area contributed by atoms with E-state index in [9.17, 15) is 8.42 Å². The first-order valence-electron chi connectivity index (χ1n) is 7.31. The van der Waals surface area contributed by atoms with Crippen molar-refractivity contribution < 1.29 is 8.42 Å². The van der Waals surface area contributed by atoms with Gasteiger partial charge in [-0.25, -0.2) is 13.1 Å². The van der Waals surface area contributed by atoms with E-state index < -0.39 is 10.0 Å². The average molecular weight is 331 g/mol. The second-order valence-corrected chi connectivity index (χ2v) is 7.76. The summed E-state index contributed by atoms with van der Waals surface area (Å²) in [6, 6.07) is 7.12. The number of hydrogen-bond acceptors (Lipinski definition) is 4. The summed E-state index contributed by atoms with van der Waals surface area (Å²) in [7, 11) is -3.46. The number of thioether (sulfide) groups is 1. The number of hydrogen-bond donors (Lipinski definition) is 2. The topological polar surface area (TPSA) is 58.2 Å². The van der Waals surface area contributed by atoms with E-state index in [1.807, 2.05) is 25.3 Å². The van der Waals surface area contributed by atoms with Gasteiger partial charge in [-0.2, -0.15) is 11.8 Å². The molecule has 21 heavy (non-hydrogen) atoms. The Morgan fingerprint density at radius 1 is 1.29 bits per heavy atom. The highest BCUT2D eigenvalue weighted by atomic mass is 32.2. The molecule has 120 valence electrons. The largest absolute Gasteiger partial charge is 0.313 e. The normalized spacial score (nSPS) is 13.3. The lowest BCUT2D eigenvalue weighted by Gasteiger charge is -2.16. The molecule has 0 saturated carbocycles. The fourth-order valence-corrected chi connectivity index (χ4v) is 4.10. The van der Waals surface area contributed by atoms with E-state index in [0.29, 0.717) is 11.4 Å². The van der Waals surface area contributed by atoms with Crippen molar-refractivity contribution in [2.24, 2.45) is 0 Å². The maximum atomic E-state index is 12.5. The highest BCUT2D eigenvalue weighted by Crippen LogP contribution is 2.16. The van der Waals surface area contributed by atoms with Crippen LogP contribution in [0.3, 0.4) is 0 Å². The van der Waals surface area contributed by atoms with E-state index in [2.05, 4.69) is 17.0 Å². The Balaban J connectivity index is 2.82. The number of benzene rings is 1. The monoisotopic (exact) mass is 330 g/mol. The Morgan fingerprint density at radius 2 is 2.00 bits per heavy atom. The van der Waals surface area contributed by atoms with Crippen LogP contribution in [-0.4, -0.2) is 33.0 Å². The predicted molar refractivity (Wildman–Crippen MR) is 91.2 cm³/mol. The van der Waals surface area contributed by atoms with Crippen LogP contribution < -0.4 is 10.0 Å². The van der Waals surface area contributed by atoms with Gasteiger partial charge in [-0.15, -0.1) is 0 Å². The average Bonchev–Trinajstić information content (AvgIpc) is 2.45. The summed E-state index contributed by atoms with van der Waals surface area (Å²) in [5, 5.41) is 3.26. The molecule has 0 radical (unpaired) electrons. The summed E-state index contributed by atoms with van der Waals surface area (Å²) in [6.07, 6.45) is 3.88. The van der Waals surface area contributed by atoms with Crippen LogP contribution in [0.1, 0.15) is 32.3 Å². The molecule has 2 N–H and O–H groups in total. The molecule has 0 saturated heterocycles. The molecule has 0 bridgehead atoms. The maximum absolute atomic E-state index is 12.5. The molecule has 1 aromatic rings. The van der Waals surface area contributed by atoms with Gasteiger partial charge in [-0.1, -0.05) is 25.1 Å². The predicted octanol–water partition coefficient (Wildman–Crippen LogP) is 2.61. The third-order valence-corrected chi connectivity index (χ3v) is 5.45. The fourth-order valence-electron chi connectivity index (χ4n) is 1.99. The first-order chi connectivity index (χ1) is 10.0. The van der Waals surface area contributed by atoms with Crippen molar-refractivity contribution in [2.45, 2.75) is 44.2 Å². The van der Waals surface area contributed by atoms with Crippen molar-refractivity contribution in [3.05, 3.63) is 29.8 Å². The van der Waals surface area contributed by atoms with Gasteiger partial charge in [0, 0.05) is 12.6 Å². The highest BCUT2D eigenvalue weighted by molar-refractivity contribution is 7.98. The molecule has 0 aromatic heterocycles. The van der Waals surface area contributed by atoms with Crippen molar-refractivity contribution in [1.29, 1.82) is 0 Å². The van der Waals surface area contributed by atoms with Gasteiger partial charge < -0.3 is 5.32 Å². The summed E-state index contributed by atoms with van der Waals surface area (Å²) in [5.41, 5.74) is 0.815. The molecular weight excluding hydrogens is 304 g/mol. The molecule has 1 aromatic carbocycles. The number of rotatable bonds is 10. The summed E-state index contributed by atoms with van der Waals surface area (Å²) < 4.78 is 27.8. The molecule has 0 aliphatic carbocycles. The standard InChI is InChI=1S/C15H26N2O2S2/c1-4-10-16-12-14-7-5-6-8-15(14)21(18,19)17-13(2)9-11-20-3/h5-8,13,16-17H,4,9-12H2,1-3H3. The first-order valence-corrected chi connectivity index (χ1v) is 10.2. The van der Waals surface area contributed by atoms with Crippen LogP contribution in [0, 0.1) is 0 Å². The summed E-state index contributed by atoms with van der Waals surface area (Å²) in [6.45, 7) is 5.45. The molecule has 6 heteroatoms. The van der Waals surface area contributed by atoms with Crippen molar-refractivity contribution >= 4 is 21.8 Å². The van der Waals surface area contributed by atoms with Gasteiger partial charge in [0.1, 0.15) is 0 Å². The summed E-state index contributed by atoms with van der Waals surface area (Å²) >= 11 is 1.72. The van der Waals surface area contributed by atoms with E-state index in [1.165, 1.54) is 0 Å². The van der Waals surface area contributed by atoms with E-state index in [4.69, 9.17) is 0 Å². The SMILES string of the molecule is CCCNCc1ccccc1S(=O)(=O)NC(C)CCSC. The van der Waals surface area contributed by atoms with Crippen molar-refractivity contribution in [3.63, 3.8) is 0 Å². The lowest BCUT2D eigenvalue weighted by Crippen LogP contribution is -2.34. The molecule has 0 fully saturated rings. The molecule has 1 unspecified atom stereocenters. The van der Waals surface area contributed by atoms with Crippen LogP contribution in [0.25, 0.3) is 0 Å². The minimum atomic E-state index is -3.46. The quantitative estimate of drug-likeness (QED) is 0.648. The summed E-state index contributed by atoms with van der Waals surface area (Å²) in [4.78, 5) is 0.379. The van der Waals surface area contributed by atoms with Gasteiger partial charge in [0.25, 0.3) is 0 Å². The van der Waals surface area contributed by atoms with Crippen LogP contribution >= 0.6 is 11.8 Å². The van der Waals surface area contributed by atoms with Crippen LogP contribution in [0.5, 0.6) is 0 Å². The van der Waals surface area contributed by atoms with Gasteiger partial charge in [0.15, 0.2) is 0 Å². The smallest absolute Gasteiger partial charge is 0.241 e. The second-order valence-electron chi connectivity index (χ2n) is 5.09. The minimum absolute atomic E-state index is 0.0564. The Labute approximate surface area is 133 Å². The minimum Gasteiger partial charge on any atom is -0.313 e. The molecule has 1 atom stereocenters. The van der Waals surface area contributed by atoms with Crippen LogP contribution in [0.4, 0.5) is 0 Å². The number of nitrogens with one attached hydrogen (secondary N) is 2.